The number of rotatable bonds is 11. The van der Waals surface area contributed by atoms with Crippen LogP contribution in [0.5, 0.6) is 0 Å². The lowest BCUT2D eigenvalue weighted by molar-refractivity contribution is 0.0232. The second-order valence-electron chi connectivity index (χ2n) is 8.30. The van der Waals surface area contributed by atoms with Gasteiger partial charge in [0.2, 0.25) is 0 Å². The van der Waals surface area contributed by atoms with E-state index < -0.39 is 6.10 Å². The van der Waals surface area contributed by atoms with Crippen LogP contribution in [0.15, 0.2) is 17.4 Å². The van der Waals surface area contributed by atoms with Crippen LogP contribution in [0.1, 0.15) is 49.4 Å². The first-order valence-corrected chi connectivity index (χ1v) is 11.4. The molecule has 0 unspecified atom stereocenters. The number of aliphatic hydroxyl groups is 1. The molecule has 2 heterocycles. The summed E-state index contributed by atoms with van der Waals surface area (Å²) in [5.74, 6) is 1.23. The standard InChI is InChI=1S/C22H33N3O3S/c1-4-11-28-14-16(26)12-25(10-9-15(2)3)13-19-23-21(27)20-17-7-5-6-8-18(17)29-22(20)24-19/h4,15-16,26H,1,5-14H2,2-3H3,(H,23,24,27)/t16-/m0/s1. The molecule has 0 spiro atoms. The van der Waals surface area contributed by atoms with E-state index in [9.17, 15) is 9.90 Å². The van der Waals surface area contributed by atoms with Crippen LogP contribution in [0, 0.1) is 5.92 Å². The van der Waals surface area contributed by atoms with Gasteiger partial charge in [0.15, 0.2) is 0 Å². The molecule has 29 heavy (non-hydrogen) atoms. The molecule has 0 aliphatic heterocycles. The number of aryl methyl sites for hydroxylation is 2. The number of hydrogen-bond acceptors (Lipinski definition) is 6. The third-order valence-electron chi connectivity index (χ3n) is 5.29. The highest BCUT2D eigenvalue weighted by molar-refractivity contribution is 7.18. The first kappa shape index (κ1) is 22.2. The van der Waals surface area contributed by atoms with Crippen molar-refractivity contribution in [3.63, 3.8) is 0 Å². The predicted octanol–water partition coefficient (Wildman–Crippen LogP) is 3.28. The largest absolute Gasteiger partial charge is 0.389 e. The minimum Gasteiger partial charge on any atom is -0.389 e. The first-order valence-electron chi connectivity index (χ1n) is 10.6. The molecule has 2 N–H and O–H groups in total. The summed E-state index contributed by atoms with van der Waals surface area (Å²) < 4.78 is 5.38. The lowest BCUT2D eigenvalue weighted by Crippen LogP contribution is -2.36. The van der Waals surface area contributed by atoms with Crippen LogP contribution in [-0.2, 0) is 24.1 Å². The molecule has 2 aromatic rings. The Bertz CT molecular complexity index is 874. The molecule has 0 fully saturated rings. The van der Waals surface area contributed by atoms with Gasteiger partial charge >= 0.3 is 0 Å². The maximum Gasteiger partial charge on any atom is 0.259 e. The molecule has 1 atom stereocenters. The smallest absolute Gasteiger partial charge is 0.259 e. The summed E-state index contributed by atoms with van der Waals surface area (Å²) in [6, 6.07) is 0. The number of H-pyrrole nitrogens is 1. The number of hydrogen-bond donors (Lipinski definition) is 2. The summed E-state index contributed by atoms with van der Waals surface area (Å²) in [6.07, 6.45) is 6.48. The minimum absolute atomic E-state index is 0.0249. The van der Waals surface area contributed by atoms with E-state index in [2.05, 4.69) is 30.3 Å². The van der Waals surface area contributed by atoms with Gasteiger partial charge in [-0.25, -0.2) is 4.98 Å². The van der Waals surface area contributed by atoms with Gasteiger partial charge in [0, 0.05) is 11.4 Å². The van der Waals surface area contributed by atoms with Crippen LogP contribution in [0.3, 0.4) is 0 Å². The van der Waals surface area contributed by atoms with E-state index in [4.69, 9.17) is 9.72 Å². The number of aromatic amines is 1. The van der Waals surface area contributed by atoms with Gasteiger partial charge in [-0.15, -0.1) is 17.9 Å². The highest BCUT2D eigenvalue weighted by atomic mass is 32.1. The Kier molecular flexibility index (Phi) is 8.00. The van der Waals surface area contributed by atoms with Crippen LogP contribution in [-0.4, -0.2) is 52.4 Å². The Morgan fingerprint density at radius 2 is 2.17 bits per heavy atom. The summed E-state index contributed by atoms with van der Waals surface area (Å²) in [5, 5.41) is 11.1. The number of nitrogens with zero attached hydrogens (tertiary/aromatic N) is 2. The second kappa shape index (κ2) is 10.5. The number of aromatic nitrogens is 2. The molecule has 160 valence electrons. The van der Waals surface area contributed by atoms with Crippen LogP contribution in [0.25, 0.3) is 10.2 Å². The fraction of sp³-hybridized carbons (Fsp3) is 0.636. The van der Waals surface area contributed by atoms with Gasteiger partial charge in [-0.05, 0) is 50.1 Å². The van der Waals surface area contributed by atoms with Crippen molar-refractivity contribution >= 4 is 21.6 Å². The number of aliphatic hydroxyl groups excluding tert-OH is 1. The van der Waals surface area contributed by atoms with Crippen molar-refractivity contribution in [2.24, 2.45) is 5.92 Å². The molecule has 0 aromatic carbocycles. The highest BCUT2D eigenvalue weighted by Crippen LogP contribution is 2.33. The van der Waals surface area contributed by atoms with E-state index in [1.165, 1.54) is 16.9 Å². The molecule has 6 nitrogen and oxygen atoms in total. The predicted molar refractivity (Wildman–Crippen MR) is 119 cm³/mol. The molecule has 1 aliphatic carbocycles. The second-order valence-corrected chi connectivity index (χ2v) is 9.38. The van der Waals surface area contributed by atoms with Gasteiger partial charge in [-0.2, -0.15) is 0 Å². The number of thiophene rings is 1. The molecule has 0 amide bonds. The van der Waals surface area contributed by atoms with Crippen LogP contribution in [0.2, 0.25) is 0 Å². The van der Waals surface area contributed by atoms with Gasteiger partial charge in [0.25, 0.3) is 5.56 Å². The maximum atomic E-state index is 12.8. The van der Waals surface area contributed by atoms with Gasteiger partial charge in [0.1, 0.15) is 10.7 Å². The van der Waals surface area contributed by atoms with Crippen LogP contribution < -0.4 is 5.56 Å². The van der Waals surface area contributed by atoms with E-state index in [1.807, 2.05) is 0 Å². The van der Waals surface area contributed by atoms with Crippen molar-refractivity contribution in [1.82, 2.24) is 14.9 Å². The summed E-state index contributed by atoms with van der Waals surface area (Å²) in [7, 11) is 0. The topological polar surface area (TPSA) is 78.5 Å². The molecule has 0 saturated carbocycles. The minimum atomic E-state index is -0.591. The molecule has 0 bridgehead atoms. The molecule has 3 rings (SSSR count). The molecular formula is C22H33N3O3S. The van der Waals surface area contributed by atoms with E-state index >= 15 is 0 Å². The summed E-state index contributed by atoms with van der Waals surface area (Å²) in [4.78, 5) is 24.9. The molecule has 7 heteroatoms. The van der Waals surface area contributed by atoms with Crippen molar-refractivity contribution in [2.45, 2.75) is 58.6 Å². The third kappa shape index (κ3) is 5.98. The number of fused-ring (bicyclic) bond motifs is 3. The Labute approximate surface area is 176 Å². The van der Waals surface area contributed by atoms with Crippen molar-refractivity contribution in [1.29, 1.82) is 0 Å². The summed E-state index contributed by atoms with van der Waals surface area (Å²) >= 11 is 1.67. The SMILES string of the molecule is C=CCOC[C@@H](O)CN(CCC(C)C)Cc1nc2sc3c(c2c(=O)[nH]1)CCCC3. The first-order chi connectivity index (χ1) is 14.0. The van der Waals surface area contributed by atoms with Crippen molar-refractivity contribution < 1.29 is 9.84 Å². The van der Waals surface area contributed by atoms with E-state index in [1.54, 1.807) is 17.4 Å². The Morgan fingerprint density at radius 1 is 1.38 bits per heavy atom. The summed E-state index contributed by atoms with van der Waals surface area (Å²) in [6.45, 7) is 10.5. The van der Waals surface area contributed by atoms with E-state index in [0.717, 1.165) is 42.4 Å². The molecular weight excluding hydrogens is 386 g/mol. The zero-order chi connectivity index (χ0) is 20.8. The van der Waals surface area contributed by atoms with E-state index in [-0.39, 0.29) is 12.2 Å². The molecule has 1 aliphatic rings. The van der Waals surface area contributed by atoms with Crippen molar-refractivity contribution in [3.8, 4) is 0 Å². The van der Waals surface area contributed by atoms with Crippen LogP contribution >= 0.6 is 11.3 Å². The lowest BCUT2D eigenvalue weighted by Gasteiger charge is -2.25. The van der Waals surface area contributed by atoms with Crippen molar-refractivity contribution in [2.75, 3.05) is 26.3 Å². The molecule has 0 saturated heterocycles. The van der Waals surface area contributed by atoms with Gasteiger partial charge in [0.05, 0.1) is 31.2 Å². The Hall–Kier alpha value is -1.54. The monoisotopic (exact) mass is 419 g/mol. The number of nitrogens with one attached hydrogen (secondary N) is 1. The molecule has 2 aromatic heterocycles. The average Bonchev–Trinajstić information content (AvgIpc) is 3.05. The highest BCUT2D eigenvalue weighted by Gasteiger charge is 2.21. The number of ether oxygens (including phenoxy) is 1. The van der Waals surface area contributed by atoms with Crippen LogP contribution in [0.4, 0.5) is 0 Å². The maximum absolute atomic E-state index is 12.8. The average molecular weight is 420 g/mol. The fourth-order valence-electron chi connectivity index (χ4n) is 3.81. The third-order valence-corrected chi connectivity index (χ3v) is 6.47. The van der Waals surface area contributed by atoms with E-state index in [0.29, 0.717) is 31.4 Å². The van der Waals surface area contributed by atoms with Gasteiger partial charge in [-0.3, -0.25) is 9.69 Å². The fourth-order valence-corrected chi connectivity index (χ4v) is 5.09. The lowest BCUT2D eigenvalue weighted by atomic mass is 9.97. The summed E-state index contributed by atoms with van der Waals surface area (Å²) in [5.41, 5.74) is 1.19. The Morgan fingerprint density at radius 3 is 2.93 bits per heavy atom. The van der Waals surface area contributed by atoms with Gasteiger partial charge < -0.3 is 14.8 Å². The zero-order valence-corrected chi connectivity index (χ0v) is 18.4. The van der Waals surface area contributed by atoms with Crippen molar-refractivity contribution in [3.05, 3.63) is 39.3 Å². The Balaban J connectivity index is 1.75. The molecule has 0 radical (unpaired) electrons. The normalized spacial score (nSPS) is 15.2. The quantitative estimate of drug-likeness (QED) is 0.432. The van der Waals surface area contributed by atoms with Gasteiger partial charge in [-0.1, -0.05) is 19.9 Å². The zero-order valence-electron chi connectivity index (χ0n) is 17.6.